The molecule has 0 radical (unpaired) electrons. The van der Waals surface area contributed by atoms with E-state index in [9.17, 15) is 4.79 Å². The first-order valence-electron chi connectivity index (χ1n) is 8.60. The lowest BCUT2D eigenvalue weighted by atomic mass is 10.1. The Morgan fingerprint density at radius 3 is 2.88 bits per heavy atom. The highest BCUT2D eigenvalue weighted by atomic mass is 16.5. The second-order valence-electron chi connectivity index (χ2n) is 6.80. The van der Waals surface area contributed by atoms with Crippen LogP contribution in [-0.2, 0) is 0 Å². The molecule has 0 spiro atoms. The van der Waals surface area contributed by atoms with Crippen molar-refractivity contribution in [1.29, 1.82) is 0 Å². The van der Waals surface area contributed by atoms with Gasteiger partial charge < -0.3 is 15.0 Å². The summed E-state index contributed by atoms with van der Waals surface area (Å²) in [5, 5.41) is 3.92. The molecule has 1 aliphatic rings. The van der Waals surface area contributed by atoms with E-state index in [1.54, 1.807) is 7.11 Å². The lowest BCUT2D eigenvalue weighted by Gasteiger charge is -2.37. The fourth-order valence-electron chi connectivity index (χ4n) is 3.28. The third-order valence-electron chi connectivity index (χ3n) is 4.87. The fourth-order valence-corrected chi connectivity index (χ4v) is 3.28. The van der Waals surface area contributed by atoms with Crippen LogP contribution in [0.2, 0.25) is 0 Å². The van der Waals surface area contributed by atoms with Gasteiger partial charge in [0.25, 0.3) is 5.91 Å². The van der Waals surface area contributed by atoms with Crippen molar-refractivity contribution in [3.05, 3.63) is 35.5 Å². The van der Waals surface area contributed by atoms with Crippen LogP contribution in [0, 0.1) is 6.92 Å². The molecule has 134 valence electrons. The predicted octanol–water partition coefficient (Wildman–Crippen LogP) is 1.53. The number of carbonyl (C=O) groups is 1. The summed E-state index contributed by atoms with van der Waals surface area (Å²) in [4.78, 5) is 21.9. The number of amides is 1. The van der Waals surface area contributed by atoms with E-state index in [1.165, 1.54) is 0 Å². The van der Waals surface area contributed by atoms with Gasteiger partial charge in [0.15, 0.2) is 0 Å². The van der Waals surface area contributed by atoms with Crippen LogP contribution in [0.15, 0.2) is 24.3 Å². The van der Waals surface area contributed by atoms with Gasteiger partial charge in [-0.15, -0.1) is 0 Å². The van der Waals surface area contributed by atoms with Gasteiger partial charge in [-0.1, -0.05) is 0 Å². The summed E-state index contributed by atoms with van der Waals surface area (Å²) < 4.78 is 5.30. The van der Waals surface area contributed by atoms with Crippen molar-refractivity contribution in [2.45, 2.75) is 13.0 Å². The quantitative estimate of drug-likeness (QED) is 0.913. The summed E-state index contributed by atoms with van der Waals surface area (Å²) in [5.41, 5.74) is 2.28. The van der Waals surface area contributed by atoms with Gasteiger partial charge in [0.1, 0.15) is 5.75 Å². The molecule has 1 saturated heterocycles. The second kappa shape index (κ2) is 7.37. The molecule has 1 N–H and O–H groups in total. The number of hydrogen-bond donors (Lipinski definition) is 1. The van der Waals surface area contributed by atoms with Crippen molar-refractivity contribution in [3.8, 4) is 5.75 Å². The van der Waals surface area contributed by atoms with E-state index in [0.29, 0.717) is 18.2 Å². The molecule has 1 aromatic carbocycles. The van der Waals surface area contributed by atoms with E-state index in [1.807, 2.05) is 31.2 Å². The molecule has 0 unspecified atom stereocenters. The smallest absolute Gasteiger partial charge is 0.252 e. The van der Waals surface area contributed by atoms with Crippen LogP contribution in [0.25, 0.3) is 10.9 Å². The molecule has 2 heterocycles. The Labute approximate surface area is 148 Å². The molecule has 2 aromatic rings. The van der Waals surface area contributed by atoms with Gasteiger partial charge in [0, 0.05) is 43.3 Å². The highest BCUT2D eigenvalue weighted by Gasteiger charge is 2.23. The van der Waals surface area contributed by atoms with E-state index < -0.39 is 0 Å². The average molecular weight is 342 g/mol. The van der Waals surface area contributed by atoms with E-state index >= 15 is 0 Å². The van der Waals surface area contributed by atoms with Crippen LogP contribution in [-0.4, -0.2) is 74.1 Å². The van der Waals surface area contributed by atoms with E-state index in [2.05, 4.69) is 34.2 Å². The van der Waals surface area contributed by atoms with Gasteiger partial charge in [-0.3, -0.25) is 14.7 Å². The summed E-state index contributed by atoms with van der Waals surface area (Å²) in [6.07, 6.45) is 0. The Bertz CT molecular complexity index is 777. The Morgan fingerprint density at radius 1 is 1.32 bits per heavy atom. The first kappa shape index (κ1) is 17.6. The lowest BCUT2D eigenvalue weighted by Crippen LogP contribution is -2.54. The number of carbonyl (C=O) groups excluding carboxylic acids is 1. The van der Waals surface area contributed by atoms with Crippen LogP contribution < -0.4 is 10.1 Å². The predicted molar refractivity (Wildman–Crippen MR) is 99.3 cm³/mol. The zero-order chi connectivity index (χ0) is 18.0. The van der Waals surface area contributed by atoms with Crippen molar-refractivity contribution in [1.82, 2.24) is 20.1 Å². The standard InChI is InChI=1S/C19H26N4O2/c1-13-9-17(16-10-15(25-4)5-6-18(16)21-13)19(24)20-11-14-12-22(2)7-8-23(14)3/h5-6,9-10,14H,7-8,11-12H2,1-4H3,(H,20,24)/t14-/m1/s1. The third-order valence-corrected chi connectivity index (χ3v) is 4.87. The Kier molecular flexibility index (Phi) is 5.20. The number of methoxy groups -OCH3 is 1. The van der Waals surface area contributed by atoms with Crippen LogP contribution in [0.1, 0.15) is 16.1 Å². The number of rotatable bonds is 4. The number of aromatic nitrogens is 1. The van der Waals surface area contributed by atoms with Crippen molar-refractivity contribution >= 4 is 16.8 Å². The van der Waals surface area contributed by atoms with Crippen LogP contribution >= 0.6 is 0 Å². The number of ether oxygens (including phenoxy) is 1. The molecule has 1 fully saturated rings. The van der Waals surface area contributed by atoms with Crippen LogP contribution in [0.4, 0.5) is 0 Å². The average Bonchev–Trinajstić information content (AvgIpc) is 2.61. The molecule has 1 amide bonds. The molecular formula is C19H26N4O2. The van der Waals surface area contributed by atoms with E-state index in [4.69, 9.17) is 4.74 Å². The molecule has 25 heavy (non-hydrogen) atoms. The molecule has 0 aliphatic carbocycles. The number of benzene rings is 1. The van der Waals surface area contributed by atoms with Gasteiger partial charge in [0.05, 0.1) is 18.2 Å². The normalized spacial score (nSPS) is 19.1. The molecule has 6 nitrogen and oxygen atoms in total. The van der Waals surface area contributed by atoms with Crippen LogP contribution in [0.5, 0.6) is 5.75 Å². The zero-order valence-electron chi connectivity index (χ0n) is 15.4. The Hall–Kier alpha value is -2.18. The van der Waals surface area contributed by atoms with Crippen molar-refractivity contribution < 1.29 is 9.53 Å². The highest BCUT2D eigenvalue weighted by Crippen LogP contribution is 2.23. The molecule has 1 atom stereocenters. The number of hydrogen-bond acceptors (Lipinski definition) is 5. The second-order valence-corrected chi connectivity index (χ2v) is 6.80. The number of piperazine rings is 1. The summed E-state index contributed by atoms with van der Waals surface area (Å²) >= 11 is 0. The highest BCUT2D eigenvalue weighted by molar-refractivity contribution is 6.06. The van der Waals surface area contributed by atoms with E-state index in [0.717, 1.165) is 42.0 Å². The fraction of sp³-hybridized carbons (Fsp3) is 0.474. The molecular weight excluding hydrogens is 316 g/mol. The first-order chi connectivity index (χ1) is 12.0. The number of nitrogens with one attached hydrogen (secondary N) is 1. The molecule has 1 aromatic heterocycles. The summed E-state index contributed by atoms with van der Waals surface area (Å²) in [6.45, 7) is 5.58. The number of aryl methyl sites for hydroxylation is 1. The van der Waals surface area contributed by atoms with Gasteiger partial charge in [-0.05, 0) is 45.3 Å². The lowest BCUT2D eigenvalue weighted by molar-refractivity contribution is 0.0882. The van der Waals surface area contributed by atoms with Gasteiger partial charge >= 0.3 is 0 Å². The van der Waals surface area contributed by atoms with E-state index in [-0.39, 0.29) is 5.91 Å². The minimum Gasteiger partial charge on any atom is -0.497 e. The minimum absolute atomic E-state index is 0.0645. The largest absolute Gasteiger partial charge is 0.497 e. The van der Waals surface area contributed by atoms with Gasteiger partial charge in [-0.2, -0.15) is 0 Å². The van der Waals surface area contributed by atoms with Crippen LogP contribution in [0.3, 0.4) is 0 Å². The van der Waals surface area contributed by atoms with Crippen molar-refractivity contribution in [3.63, 3.8) is 0 Å². The Morgan fingerprint density at radius 2 is 2.12 bits per heavy atom. The monoisotopic (exact) mass is 342 g/mol. The summed E-state index contributed by atoms with van der Waals surface area (Å²) in [6, 6.07) is 7.79. The minimum atomic E-state index is -0.0645. The molecule has 0 saturated carbocycles. The number of likely N-dealkylation sites (N-methyl/N-ethyl adjacent to an activating group) is 2. The maximum absolute atomic E-state index is 12.8. The van der Waals surface area contributed by atoms with Crippen molar-refractivity contribution in [2.75, 3.05) is 47.4 Å². The molecule has 6 heteroatoms. The van der Waals surface area contributed by atoms with Crippen molar-refractivity contribution in [2.24, 2.45) is 0 Å². The third kappa shape index (κ3) is 3.91. The summed E-state index contributed by atoms with van der Waals surface area (Å²) in [5.74, 6) is 0.659. The number of fused-ring (bicyclic) bond motifs is 1. The first-order valence-corrected chi connectivity index (χ1v) is 8.60. The molecule has 0 bridgehead atoms. The topological polar surface area (TPSA) is 57.7 Å². The SMILES string of the molecule is COc1ccc2nc(C)cc(C(=O)NC[C@@H]3CN(C)CCN3C)c2c1. The maximum atomic E-state index is 12.8. The maximum Gasteiger partial charge on any atom is 0.252 e. The Balaban J connectivity index is 1.81. The molecule has 1 aliphatic heterocycles. The summed E-state index contributed by atoms with van der Waals surface area (Å²) in [7, 11) is 5.85. The van der Waals surface area contributed by atoms with Gasteiger partial charge in [-0.25, -0.2) is 0 Å². The van der Waals surface area contributed by atoms with Gasteiger partial charge in [0.2, 0.25) is 0 Å². The zero-order valence-corrected chi connectivity index (χ0v) is 15.4. The number of pyridine rings is 1. The molecule has 3 rings (SSSR count). The number of nitrogens with zero attached hydrogens (tertiary/aromatic N) is 3.